The minimum Gasteiger partial charge on any atom is -0.464 e. The van der Waals surface area contributed by atoms with Gasteiger partial charge in [0.2, 0.25) is 0 Å². The zero-order valence-corrected chi connectivity index (χ0v) is 12.2. The molecule has 0 fully saturated rings. The molecule has 21 heavy (non-hydrogen) atoms. The second kappa shape index (κ2) is 6.99. The third-order valence-electron chi connectivity index (χ3n) is 3.10. The van der Waals surface area contributed by atoms with Gasteiger partial charge in [-0.1, -0.05) is 12.1 Å². The Morgan fingerprint density at radius 2 is 2.10 bits per heavy atom. The van der Waals surface area contributed by atoms with Crippen LogP contribution in [-0.4, -0.2) is 35.8 Å². The van der Waals surface area contributed by atoms with E-state index in [0.29, 0.717) is 29.7 Å². The van der Waals surface area contributed by atoms with Crippen molar-refractivity contribution in [3.05, 3.63) is 40.4 Å². The number of carbonyl (C=O) groups is 1. The van der Waals surface area contributed by atoms with Crippen LogP contribution in [0.3, 0.4) is 0 Å². The molecular weight excluding hydrogens is 272 g/mol. The van der Waals surface area contributed by atoms with E-state index in [4.69, 9.17) is 4.74 Å². The maximum atomic E-state index is 12.4. The number of aryl methyl sites for hydroxylation is 1. The molecule has 0 radical (unpaired) electrons. The highest BCUT2D eigenvalue weighted by molar-refractivity contribution is 5.77. The van der Waals surface area contributed by atoms with Crippen molar-refractivity contribution in [2.24, 2.45) is 0 Å². The second-order valence-corrected chi connectivity index (χ2v) is 4.64. The summed E-state index contributed by atoms with van der Waals surface area (Å²) in [4.78, 5) is 27.9. The number of hydrogen-bond acceptors (Lipinski definition) is 5. The van der Waals surface area contributed by atoms with Gasteiger partial charge in [0, 0.05) is 13.7 Å². The molecule has 0 N–H and O–H groups in total. The van der Waals surface area contributed by atoms with Gasteiger partial charge in [0.15, 0.2) is 0 Å². The molecule has 0 bridgehead atoms. The summed E-state index contributed by atoms with van der Waals surface area (Å²) < 4.78 is 11.2. The summed E-state index contributed by atoms with van der Waals surface area (Å²) in [6, 6.07) is 7.26. The molecule has 0 spiro atoms. The van der Waals surface area contributed by atoms with Gasteiger partial charge in [-0.3, -0.25) is 9.36 Å². The van der Waals surface area contributed by atoms with E-state index in [9.17, 15) is 9.59 Å². The highest BCUT2D eigenvalue weighted by Crippen LogP contribution is 2.07. The second-order valence-electron chi connectivity index (χ2n) is 4.64. The van der Waals surface area contributed by atoms with E-state index >= 15 is 0 Å². The third-order valence-corrected chi connectivity index (χ3v) is 3.10. The Kier molecular flexibility index (Phi) is 5.05. The maximum Gasteiger partial charge on any atom is 0.332 e. The van der Waals surface area contributed by atoms with Crippen LogP contribution >= 0.6 is 0 Å². The topological polar surface area (TPSA) is 70.4 Å². The fourth-order valence-corrected chi connectivity index (χ4v) is 2.11. The molecule has 2 aromatic rings. The molecule has 0 aliphatic heterocycles. The standard InChI is InChI=1S/C15H18N2O4/c1-11-16-13-7-4-3-6-12(13)15(19)17(11)8-5-9-21-14(18)10-20-2/h3-4,6-7H,5,8-10H2,1-2H3. The first kappa shape index (κ1) is 15.2. The minimum atomic E-state index is -0.404. The van der Waals surface area contributed by atoms with Crippen molar-refractivity contribution in [1.82, 2.24) is 9.55 Å². The van der Waals surface area contributed by atoms with Gasteiger partial charge < -0.3 is 9.47 Å². The van der Waals surface area contributed by atoms with Crippen LogP contribution < -0.4 is 5.56 Å². The summed E-state index contributed by atoms with van der Waals surface area (Å²) >= 11 is 0. The molecule has 112 valence electrons. The monoisotopic (exact) mass is 290 g/mol. The largest absolute Gasteiger partial charge is 0.464 e. The average molecular weight is 290 g/mol. The Morgan fingerprint density at radius 1 is 1.33 bits per heavy atom. The molecule has 0 atom stereocenters. The van der Waals surface area contributed by atoms with Gasteiger partial charge >= 0.3 is 5.97 Å². The molecule has 1 heterocycles. The summed E-state index contributed by atoms with van der Waals surface area (Å²) in [6.45, 7) is 2.45. The summed E-state index contributed by atoms with van der Waals surface area (Å²) in [6.07, 6.45) is 0.552. The summed E-state index contributed by atoms with van der Waals surface area (Å²) in [7, 11) is 1.44. The fourth-order valence-electron chi connectivity index (χ4n) is 2.11. The van der Waals surface area contributed by atoms with Crippen LogP contribution in [0.4, 0.5) is 0 Å². The van der Waals surface area contributed by atoms with Crippen LogP contribution in [-0.2, 0) is 20.8 Å². The zero-order valence-electron chi connectivity index (χ0n) is 12.2. The number of fused-ring (bicyclic) bond motifs is 1. The van der Waals surface area contributed by atoms with Gasteiger partial charge in [-0.05, 0) is 25.5 Å². The lowest BCUT2D eigenvalue weighted by atomic mass is 10.2. The quantitative estimate of drug-likeness (QED) is 0.592. The van der Waals surface area contributed by atoms with Crippen LogP contribution in [0.25, 0.3) is 10.9 Å². The van der Waals surface area contributed by atoms with E-state index in [0.717, 1.165) is 0 Å². The van der Waals surface area contributed by atoms with Crippen LogP contribution in [0, 0.1) is 6.92 Å². The van der Waals surface area contributed by atoms with Crippen molar-refractivity contribution in [1.29, 1.82) is 0 Å². The van der Waals surface area contributed by atoms with Crippen molar-refractivity contribution in [2.75, 3.05) is 20.3 Å². The molecule has 6 nitrogen and oxygen atoms in total. The Balaban J connectivity index is 2.05. The van der Waals surface area contributed by atoms with Crippen LogP contribution in [0.2, 0.25) is 0 Å². The van der Waals surface area contributed by atoms with E-state index in [2.05, 4.69) is 9.72 Å². The fraction of sp³-hybridized carbons (Fsp3) is 0.400. The first-order valence-corrected chi connectivity index (χ1v) is 6.74. The maximum absolute atomic E-state index is 12.4. The van der Waals surface area contributed by atoms with Crippen molar-refractivity contribution in [3.63, 3.8) is 0 Å². The van der Waals surface area contributed by atoms with Gasteiger partial charge in [-0.2, -0.15) is 0 Å². The lowest BCUT2D eigenvalue weighted by Gasteiger charge is -2.10. The van der Waals surface area contributed by atoms with E-state index < -0.39 is 5.97 Å². The summed E-state index contributed by atoms with van der Waals surface area (Å²) in [5, 5.41) is 0.597. The normalized spacial score (nSPS) is 10.8. The highest BCUT2D eigenvalue weighted by Gasteiger charge is 2.08. The molecule has 1 aromatic carbocycles. The molecule has 1 aromatic heterocycles. The van der Waals surface area contributed by atoms with Crippen LogP contribution in [0.5, 0.6) is 0 Å². The molecule has 2 rings (SSSR count). The summed E-state index contributed by atoms with van der Waals surface area (Å²) in [5.74, 6) is 0.250. The molecule has 0 aliphatic rings. The van der Waals surface area contributed by atoms with Crippen molar-refractivity contribution >= 4 is 16.9 Å². The average Bonchev–Trinajstić information content (AvgIpc) is 2.46. The first-order chi connectivity index (χ1) is 10.1. The Bertz CT molecular complexity index is 694. The Morgan fingerprint density at radius 3 is 2.86 bits per heavy atom. The van der Waals surface area contributed by atoms with Crippen molar-refractivity contribution < 1.29 is 14.3 Å². The molecule has 0 saturated carbocycles. The number of para-hydroxylation sites is 1. The van der Waals surface area contributed by atoms with Gasteiger partial charge in [0.05, 0.1) is 17.5 Å². The molecular formula is C15H18N2O4. The number of methoxy groups -OCH3 is 1. The van der Waals surface area contributed by atoms with E-state index in [1.54, 1.807) is 17.6 Å². The predicted molar refractivity (Wildman–Crippen MR) is 78.2 cm³/mol. The lowest BCUT2D eigenvalue weighted by molar-refractivity contribution is -0.148. The smallest absolute Gasteiger partial charge is 0.332 e. The predicted octanol–water partition coefficient (Wildman–Crippen LogP) is 1.28. The number of hydrogen-bond donors (Lipinski definition) is 0. The number of aromatic nitrogens is 2. The Hall–Kier alpha value is -2.21. The number of nitrogens with zero attached hydrogens (tertiary/aromatic N) is 2. The SMILES string of the molecule is COCC(=O)OCCCn1c(C)nc2ccccc2c1=O. The van der Waals surface area contributed by atoms with Crippen LogP contribution in [0.15, 0.2) is 29.1 Å². The van der Waals surface area contributed by atoms with E-state index in [1.807, 2.05) is 18.2 Å². The summed E-state index contributed by atoms with van der Waals surface area (Å²) in [5.41, 5.74) is 0.629. The van der Waals surface area contributed by atoms with Crippen molar-refractivity contribution in [2.45, 2.75) is 19.9 Å². The number of esters is 1. The minimum absolute atomic E-state index is 0.0590. The number of carbonyl (C=O) groups excluding carboxylic acids is 1. The highest BCUT2D eigenvalue weighted by atomic mass is 16.6. The van der Waals surface area contributed by atoms with Crippen LogP contribution in [0.1, 0.15) is 12.2 Å². The zero-order chi connectivity index (χ0) is 15.2. The van der Waals surface area contributed by atoms with E-state index in [-0.39, 0.29) is 18.8 Å². The molecule has 0 aliphatic carbocycles. The molecule has 0 saturated heterocycles. The third kappa shape index (κ3) is 3.66. The molecule has 0 unspecified atom stereocenters. The molecule has 6 heteroatoms. The van der Waals surface area contributed by atoms with Gasteiger partial charge in [-0.25, -0.2) is 9.78 Å². The van der Waals surface area contributed by atoms with Gasteiger partial charge in [-0.15, -0.1) is 0 Å². The first-order valence-electron chi connectivity index (χ1n) is 6.74. The number of benzene rings is 1. The van der Waals surface area contributed by atoms with E-state index in [1.165, 1.54) is 7.11 Å². The lowest BCUT2D eigenvalue weighted by Crippen LogP contribution is -2.25. The van der Waals surface area contributed by atoms with Crippen molar-refractivity contribution in [3.8, 4) is 0 Å². The van der Waals surface area contributed by atoms with Gasteiger partial charge in [0.25, 0.3) is 5.56 Å². The molecule has 0 amide bonds. The number of ether oxygens (including phenoxy) is 2. The number of rotatable bonds is 6. The van der Waals surface area contributed by atoms with Gasteiger partial charge in [0.1, 0.15) is 12.4 Å². The Labute approximate surface area is 122 Å².